The van der Waals surface area contributed by atoms with Crippen molar-refractivity contribution < 1.29 is 0 Å². The minimum absolute atomic E-state index is 0.978. The van der Waals surface area contributed by atoms with Gasteiger partial charge >= 0.3 is 0 Å². The van der Waals surface area contributed by atoms with Gasteiger partial charge in [-0.05, 0) is 25.2 Å². The number of aryl methyl sites for hydroxylation is 1. The zero-order valence-corrected chi connectivity index (χ0v) is 7.66. The topological polar surface area (TPSA) is 12.9 Å². The van der Waals surface area contributed by atoms with Crippen molar-refractivity contribution >= 4 is 11.3 Å². The van der Waals surface area contributed by atoms with E-state index in [0.29, 0.717) is 0 Å². The molecule has 0 amide bonds. The Kier molecular flexibility index (Phi) is 1.95. The van der Waals surface area contributed by atoms with E-state index in [1.165, 1.54) is 30.0 Å². The molecule has 1 fully saturated rings. The van der Waals surface area contributed by atoms with Crippen molar-refractivity contribution in [3.05, 3.63) is 16.1 Å². The van der Waals surface area contributed by atoms with Crippen LogP contribution in [0.15, 0.2) is 5.38 Å². The average molecular weight is 167 g/mol. The van der Waals surface area contributed by atoms with Gasteiger partial charge in [-0.3, -0.25) is 0 Å². The molecule has 1 aromatic heterocycles. The first-order chi connectivity index (χ1) is 5.38. The van der Waals surface area contributed by atoms with Crippen molar-refractivity contribution in [2.24, 2.45) is 5.92 Å². The van der Waals surface area contributed by atoms with E-state index in [2.05, 4.69) is 17.3 Å². The predicted octanol–water partition coefficient (Wildman–Crippen LogP) is 2.66. The van der Waals surface area contributed by atoms with Gasteiger partial charge in [-0.2, -0.15) is 0 Å². The van der Waals surface area contributed by atoms with Gasteiger partial charge in [0.05, 0.1) is 10.7 Å². The number of hydrogen-bond acceptors (Lipinski definition) is 2. The fourth-order valence-electron chi connectivity index (χ4n) is 1.17. The third-order valence-corrected chi connectivity index (χ3v) is 3.04. The Balaban J connectivity index is 1.99. The first-order valence-electron chi connectivity index (χ1n) is 4.31. The highest BCUT2D eigenvalue weighted by molar-refractivity contribution is 7.09. The molecule has 0 saturated heterocycles. The first-order valence-corrected chi connectivity index (χ1v) is 5.19. The number of rotatable bonds is 3. The van der Waals surface area contributed by atoms with Crippen molar-refractivity contribution in [1.29, 1.82) is 0 Å². The van der Waals surface area contributed by atoms with Crippen molar-refractivity contribution in [1.82, 2.24) is 4.98 Å². The Bertz CT molecular complexity index is 237. The van der Waals surface area contributed by atoms with Crippen LogP contribution in [0.5, 0.6) is 0 Å². The summed E-state index contributed by atoms with van der Waals surface area (Å²) in [7, 11) is 0. The van der Waals surface area contributed by atoms with Crippen LogP contribution in [-0.2, 0) is 12.8 Å². The lowest BCUT2D eigenvalue weighted by Gasteiger charge is -1.89. The second kappa shape index (κ2) is 2.94. The summed E-state index contributed by atoms with van der Waals surface area (Å²) >= 11 is 1.83. The molecule has 0 bridgehead atoms. The van der Waals surface area contributed by atoms with E-state index in [-0.39, 0.29) is 0 Å². The normalized spacial score (nSPS) is 17.2. The summed E-state index contributed by atoms with van der Waals surface area (Å²) in [4.78, 5) is 4.53. The largest absolute Gasteiger partial charge is 0.246 e. The summed E-state index contributed by atoms with van der Waals surface area (Å²) in [5.74, 6) is 0.978. The van der Waals surface area contributed by atoms with Gasteiger partial charge in [-0.1, -0.05) is 6.92 Å². The average Bonchev–Trinajstić information content (AvgIpc) is 2.68. The molecule has 2 rings (SSSR count). The second-order valence-corrected chi connectivity index (χ2v) is 4.18. The van der Waals surface area contributed by atoms with Crippen molar-refractivity contribution in [2.75, 3.05) is 0 Å². The van der Waals surface area contributed by atoms with Crippen LogP contribution in [0.4, 0.5) is 0 Å². The lowest BCUT2D eigenvalue weighted by molar-refractivity contribution is 0.817. The van der Waals surface area contributed by atoms with Crippen LogP contribution in [0.3, 0.4) is 0 Å². The predicted molar refractivity (Wildman–Crippen MR) is 47.9 cm³/mol. The zero-order valence-electron chi connectivity index (χ0n) is 6.84. The molecule has 0 unspecified atom stereocenters. The summed E-state index contributed by atoms with van der Waals surface area (Å²) in [5.41, 5.74) is 1.27. The lowest BCUT2D eigenvalue weighted by Crippen LogP contribution is -1.86. The van der Waals surface area contributed by atoms with Crippen molar-refractivity contribution in [2.45, 2.75) is 32.6 Å². The van der Waals surface area contributed by atoms with Gasteiger partial charge in [-0.15, -0.1) is 11.3 Å². The molecule has 1 heterocycles. The SMILES string of the molecule is CCc1csc(CC2CC2)n1. The minimum Gasteiger partial charge on any atom is -0.246 e. The van der Waals surface area contributed by atoms with E-state index < -0.39 is 0 Å². The molecule has 0 radical (unpaired) electrons. The second-order valence-electron chi connectivity index (χ2n) is 3.23. The van der Waals surface area contributed by atoms with Gasteiger partial charge < -0.3 is 0 Å². The smallest absolute Gasteiger partial charge is 0.0930 e. The number of nitrogens with zero attached hydrogens (tertiary/aromatic N) is 1. The molecule has 1 aromatic rings. The Labute approximate surface area is 71.5 Å². The first kappa shape index (κ1) is 7.29. The molecule has 2 heteroatoms. The maximum atomic E-state index is 4.53. The highest BCUT2D eigenvalue weighted by atomic mass is 32.1. The molecule has 1 nitrogen and oxygen atoms in total. The molecule has 1 aliphatic rings. The third kappa shape index (κ3) is 1.80. The van der Waals surface area contributed by atoms with Crippen molar-refractivity contribution in [3.8, 4) is 0 Å². The molecule has 60 valence electrons. The minimum atomic E-state index is 0.978. The molecule has 1 saturated carbocycles. The van der Waals surface area contributed by atoms with E-state index >= 15 is 0 Å². The van der Waals surface area contributed by atoms with Crippen LogP contribution in [0, 0.1) is 5.92 Å². The summed E-state index contributed by atoms with van der Waals surface area (Å²) in [5, 5.41) is 3.54. The number of hydrogen-bond donors (Lipinski definition) is 0. The van der Waals surface area contributed by atoms with E-state index in [0.717, 1.165) is 12.3 Å². The number of thiazole rings is 1. The van der Waals surface area contributed by atoms with Gasteiger partial charge in [0.15, 0.2) is 0 Å². The quantitative estimate of drug-likeness (QED) is 0.674. The van der Waals surface area contributed by atoms with E-state index in [4.69, 9.17) is 0 Å². The van der Waals surface area contributed by atoms with Gasteiger partial charge in [0.25, 0.3) is 0 Å². The van der Waals surface area contributed by atoms with Crippen LogP contribution >= 0.6 is 11.3 Å². The van der Waals surface area contributed by atoms with Crippen LogP contribution in [0.25, 0.3) is 0 Å². The highest BCUT2D eigenvalue weighted by Crippen LogP contribution is 2.33. The number of aromatic nitrogens is 1. The zero-order chi connectivity index (χ0) is 7.68. The molecule has 0 N–H and O–H groups in total. The highest BCUT2D eigenvalue weighted by Gasteiger charge is 2.22. The third-order valence-electron chi connectivity index (χ3n) is 2.12. The van der Waals surface area contributed by atoms with Crippen LogP contribution < -0.4 is 0 Å². The summed E-state index contributed by atoms with van der Waals surface area (Å²) in [6.45, 7) is 2.16. The maximum Gasteiger partial charge on any atom is 0.0930 e. The Morgan fingerprint density at radius 3 is 3.00 bits per heavy atom. The summed E-state index contributed by atoms with van der Waals surface area (Å²) in [6, 6.07) is 0. The van der Waals surface area contributed by atoms with Crippen LogP contribution in [0.2, 0.25) is 0 Å². The molecule has 0 aliphatic heterocycles. The molecule has 0 aromatic carbocycles. The van der Waals surface area contributed by atoms with Gasteiger partial charge in [0, 0.05) is 11.8 Å². The molecule has 1 aliphatic carbocycles. The maximum absolute atomic E-state index is 4.53. The Morgan fingerprint density at radius 2 is 2.45 bits per heavy atom. The molecular formula is C9H13NS. The lowest BCUT2D eigenvalue weighted by atomic mass is 10.3. The van der Waals surface area contributed by atoms with Crippen LogP contribution in [0.1, 0.15) is 30.5 Å². The van der Waals surface area contributed by atoms with Gasteiger partial charge in [0.2, 0.25) is 0 Å². The summed E-state index contributed by atoms with van der Waals surface area (Å²) in [6.07, 6.45) is 5.19. The summed E-state index contributed by atoms with van der Waals surface area (Å²) < 4.78 is 0. The van der Waals surface area contributed by atoms with Crippen molar-refractivity contribution in [3.63, 3.8) is 0 Å². The molecule has 0 atom stereocenters. The molecule has 11 heavy (non-hydrogen) atoms. The van der Waals surface area contributed by atoms with E-state index in [1.54, 1.807) is 0 Å². The fraction of sp³-hybridized carbons (Fsp3) is 0.667. The van der Waals surface area contributed by atoms with E-state index in [9.17, 15) is 0 Å². The van der Waals surface area contributed by atoms with Crippen LogP contribution in [-0.4, -0.2) is 4.98 Å². The van der Waals surface area contributed by atoms with E-state index in [1.807, 2.05) is 11.3 Å². The Hall–Kier alpha value is -0.370. The molecule has 0 spiro atoms. The monoisotopic (exact) mass is 167 g/mol. The Morgan fingerprint density at radius 1 is 1.64 bits per heavy atom. The van der Waals surface area contributed by atoms with Gasteiger partial charge in [0.1, 0.15) is 0 Å². The van der Waals surface area contributed by atoms with Gasteiger partial charge in [-0.25, -0.2) is 4.98 Å². The standard InChI is InChI=1S/C9H13NS/c1-2-8-6-11-9(10-8)5-7-3-4-7/h6-7H,2-5H2,1H3. The fourth-order valence-corrected chi connectivity index (χ4v) is 2.17. The molecular weight excluding hydrogens is 154 g/mol.